The molecule has 0 saturated heterocycles. The average molecular weight is 238 g/mol. The van der Waals surface area contributed by atoms with Gasteiger partial charge in [-0.05, 0) is 44.9 Å². The van der Waals surface area contributed by atoms with Crippen LogP contribution in [0.3, 0.4) is 0 Å². The highest BCUT2D eigenvalue weighted by Crippen LogP contribution is 2.10. The van der Waals surface area contributed by atoms with Gasteiger partial charge in [0.05, 0.1) is 25.4 Å². The highest BCUT2D eigenvalue weighted by molar-refractivity contribution is 5.25. The van der Waals surface area contributed by atoms with Crippen molar-refractivity contribution in [1.82, 2.24) is 0 Å². The second kappa shape index (κ2) is 7.30. The molecule has 0 saturated carbocycles. The molecule has 17 heavy (non-hydrogen) atoms. The maximum atomic E-state index is 9.14. The van der Waals surface area contributed by atoms with Crippen LogP contribution in [-0.2, 0) is 15.9 Å². The minimum absolute atomic E-state index is 0.134. The average Bonchev–Trinajstić information content (AvgIpc) is 2.26. The molecular weight excluding hydrogens is 216 g/mol. The summed E-state index contributed by atoms with van der Waals surface area (Å²) in [4.78, 5) is 0. The molecule has 1 unspecified atom stereocenters. The van der Waals surface area contributed by atoms with Gasteiger partial charge in [0.25, 0.3) is 0 Å². The van der Waals surface area contributed by atoms with E-state index in [1.807, 2.05) is 32.9 Å². The van der Waals surface area contributed by atoms with E-state index in [1.165, 1.54) is 5.56 Å². The minimum atomic E-state index is 0.134. The Bertz CT molecular complexity index is 306. The maximum absolute atomic E-state index is 9.14. The van der Waals surface area contributed by atoms with Crippen LogP contribution in [-0.4, -0.2) is 30.5 Å². The fourth-order valence-electron chi connectivity index (χ4n) is 1.61. The van der Waals surface area contributed by atoms with Gasteiger partial charge in [-0.2, -0.15) is 0 Å². The molecule has 1 rings (SSSR count). The summed E-state index contributed by atoms with van der Waals surface area (Å²) < 4.78 is 11.1. The van der Waals surface area contributed by atoms with E-state index >= 15 is 0 Å². The molecule has 96 valence electrons. The normalized spacial score (nSPS) is 12.9. The molecule has 3 heteroatoms. The Balaban J connectivity index is 2.13. The quantitative estimate of drug-likeness (QED) is 0.742. The summed E-state index contributed by atoms with van der Waals surface area (Å²) in [5, 5.41) is 9.14. The van der Waals surface area contributed by atoms with Crippen molar-refractivity contribution in [2.24, 2.45) is 0 Å². The molecule has 0 amide bonds. The molecule has 0 fully saturated rings. The molecule has 0 aromatic heterocycles. The number of ether oxygens (including phenoxy) is 2. The van der Waals surface area contributed by atoms with Gasteiger partial charge in [0.15, 0.2) is 0 Å². The third kappa shape index (κ3) is 6.29. The Morgan fingerprint density at radius 3 is 2.35 bits per heavy atom. The zero-order chi connectivity index (χ0) is 12.7. The van der Waals surface area contributed by atoms with Gasteiger partial charge in [0, 0.05) is 0 Å². The highest BCUT2D eigenvalue weighted by atomic mass is 16.5. The smallest absolute Gasteiger partial charge is 0.115 e. The molecule has 0 heterocycles. The van der Waals surface area contributed by atoms with Crippen LogP contribution in [0.4, 0.5) is 0 Å². The zero-order valence-electron chi connectivity index (χ0n) is 10.8. The second-order valence-electron chi connectivity index (χ2n) is 4.49. The van der Waals surface area contributed by atoms with Gasteiger partial charge in [-0.15, -0.1) is 0 Å². The van der Waals surface area contributed by atoms with Gasteiger partial charge < -0.3 is 14.6 Å². The van der Waals surface area contributed by atoms with E-state index in [9.17, 15) is 0 Å². The summed E-state index contributed by atoms with van der Waals surface area (Å²) in [7, 11) is 0. The van der Waals surface area contributed by atoms with Crippen LogP contribution in [0.2, 0.25) is 0 Å². The number of hydrogen-bond donors (Lipinski definition) is 1. The molecule has 0 radical (unpaired) electrons. The van der Waals surface area contributed by atoms with E-state index in [2.05, 4.69) is 0 Å². The lowest BCUT2D eigenvalue weighted by atomic mass is 10.1. The first-order chi connectivity index (χ1) is 8.08. The van der Waals surface area contributed by atoms with Gasteiger partial charge in [-0.1, -0.05) is 12.1 Å². The van der Waals surface area contributed by atoms with Crippen LogP contribution in [0, 0.1) is 0 Å². The van der Waals surface area contributed by atoms with Crippen LogP contribution in [0.15, 0.2) is 24.3 Å². The van der Waals surface area contributed by atoms with Gasteiger partial charge in [-0.25, -0.2) is 0 Å². The highest BCUT2D eigenvalue weighted by Gasteiger charge is 2.04. The van der Waals surface area contributed by atoms with Gasteiger partial charge in [0.2, 0.25) is 0 Å². The molecule has 0 aliphatic rings. The topological polar surface area (TPSA) is 38.7 Å². The first kappa shape index (κ1) is 14.0. The molecule has 1 N–H and O–H groups in total. The number of rotatable bonds is 7. The summed E-state index contributed by atoms with van der Waals surface area (Å²) in [5.74, 6) is 0.300. The van der Waals surface area contributed by atoms with Crippen LogP contribution >= 0.6 is 0 Å². The first-order valence-corrected chi connectivity index (χ1v) is 6.09. The fourth-order valence-corrected chi connectivity index (χ4v) is 1.61. The molecule has 0 bridgehead atoms. The molecule has 1 aromatic rings. The number of aromatic hydroxyl groups is 1. The summed E-state index contributed by atoms with van der Waals surface area (Å²) >= 11 is 0. The van der Waals surface area contributed by atoms with Gasteiger partial charge in [-0.3, -0.25) is 0 Å². The van der Waals surface area contributed by atoms with E-state index in [1.54, 1.807) is 12.1 Å². The van der Waals surface area contributed by atoms with Crippen LogP contribution < -0.4 is 0 Å². The van der Waals surface area contributed by atoms with Gasteiger partial charge in [0.1, 0.15) is 5.75 Å². The van der Waals surface area contributed by atoms with Crippen LogP contribution in [0.25, 0.3) is 0 Å². The van der Waals surface area contributed by atoms with Crippen LogP contribution in [0.1, 0.15) is 26.3 Å². The second-order valence-corrected chi connectivity index (χ2v) is 4.49. The standard InChI is InChI=1S/C14H22O3/c1-11(2)17-12(3)10-16-9-8-13-4-6-14(15)7-5-13/h4-7,11-12,15H,8-10H2,1-3H3. The Hall–Kier alpha value is -1.06. The maximum Gasteiger partial charge on any atom is 0.115 e. The van der Waals surface area contributed by atoms with E-state index in [0.29, 0.717) is 19.0 Å². The fraction of sp³-hybridized carbons (Fsp3) is 0.571. The molecular formula is C14H22O3. The van der Waals surface area contributed by atoms with Crippen molar-refractivity contribution in [3.8, 4) is 5.75 Å². The van der Waals surface area contributed by atoms with Crippen molar-refractivity contribution in [3.63, 3.8) is 0 Å². The zero-order valence-corrected chi connectivity index (χ0v) is 10.8. The third-order valence-corrected chi connectivity index (χ3v) is 2.33. The molecule has 0 aliphatic carbocycles. The third-order valence-electron chi connectivity index (χ3n) is 2.33. The lowest BCUT2D eigenvalue weighted by Crippen LogP contribution is -2.20. The first-order valence-electron chi connectivity index (χ1n) is 6.09. The van der Waals surface area contributed by atoms with Crippen LogP contribution in [0.5, 0.6) is 5.75 Å². The van der Waals surface area contributed by atoms with Crippen molar-refractivity contribution in [2.45, 2.75) is 39.4 Å². The molecule has 3 nitrogen and oxygen atoms in total. The summed E-state index contributed by atoms with van der Waals surface area (Å²) in [6, 6.07) is 7.21. The van der Waals surface area contributed by atoms with E-state index in [-0.39, 0.29) is 12.2 Å². The number of hydrogen-bond acceptors (Lipinski definition) is 3. The molecule has 1 aromatic carbocycles. The van der Waals surface area contributed by atoms with E-state index in [0.717, 1.165) is 6.42 Å². The summed E-state index contributed by atoms with van der Waals surface area (Å²) in [5.41, 5.74) is 1.17. The summed E-state index contributed by atoms with van der Waals surface area (Å²) in [6.45, 7) is 7.35. The number of phenols is 1. The van der Waals surface area contributed by atoms with Crippen molar-refractivity contribution in [3.05, 3.63) is 29.8 Å². The molecule has 1 atom stereocenters. The lowest BCUT2D eigenvalue weighted by Gasteiger charge is -2.16. The summed E-state index contributed by atoms with van der Waals surface area (Å²) in [6.07, 6.45) is 1.23. The Morgan fingerprint density at radius 2 is 1.76 bits per heavy atom. The number of benzene rings is 1. The van der Waals surface area contributed by atoms with Gasteiger partial charge >= 0.3 is 0 Å². The van der Waals surface area contributed by atoms with E-state index < -0.39 is 0 Å². The van der Waals surface area contributed by atoms with Crippen molar-refractivity contribution >= 4 is 0 Å². The molecule has 0 aliphatic heterocycles. The van der Waals surface area contributed by atoms with Crippen molar-refractivity contribution in [2.75, 3.05) is 13.2 Å². The largest absolute Gasteiger partial charge is 0.508 e. The lowest BCUT2D eigenvalue weighted by molar-refractivity contribution is -0.0342. The predicted molar refractivity (Wildman–Crippen MR) is 68.3 cm³/mol. The van der Waals surface area contributed by atoms with E-state index in [4.69, 9.17) is 14.6 Å². The Labute approximate surface area is 103 Å². The minimum Gasteiger partial charge on any atom is -0.508 e. The van der Waals surface area contributed by atoms with Crippen molar-refractivity contribution in [1.29, 1.82) is 0 Å². The predicted octanol–water partition coefficient (Wildman–Crippen LogP) is 2.76. The Kier molecular flexibility index (Phi) is 6.01. The number of phenolic OH excluding ortho intramolecular Hbond substituents is 1. The molecule has 0 spiro atoms. The monoisotopic (exact) mass is 238 g/mol. The van der Waals surface area contributed by atoms with Crippen molar-refractivity contribution < 1.29 is 14.6 Å². The SMILES string of the molecule is CC(C)OC(C)COCCc1ccc(O)cc1. The Morgan fingerprint density at radius 1 is 1.12 bits per heavy atom.